The van der Waals surface area contributed by atoms with E-state index < -0.39 is 26.3 Å². The molecule has 0 N–H and O–H groups in total. The van der Waals surface area contributed by atoms with Gasteiger partial charge in [-0.25, -0.2) is 8.42 Å². The van der Waals surface area contributed by atoms with Gasteiger partial charge >= 0.3 is 6.18 Å². The second-order valence-corrected chi connectivity index (χ2v) is 11.3. The van der Waals surface area contributed by atoms with Gasteiger partial charge in [0.25, 0.3) is 0 Å². The van der Waals surface area contributed by atoms with Crippen molar-refractivity contribution >= 4 is 15.7 Å². The molecule has 1 heterocycles. The Bertz CT molecular complexity index is 1040. The number of likely N-dealkylation sites (tertiary alicyclic amines) is 1. The van der Waals surface area contributed by atoms with Crippen LogP contribution in [0.3, 0.4) is 0 Å². The minimum atomic E-state index is -4.61. The van der Waals surface area contributed by atoms with Crippen molar-refractivity contribution in [3.63, 3.8) is 0 Å². The van der Waals surface area contributed by atoms with Gasteiger partial charge in [-0.15, -0.1) is 0 Å². The van der Waals surface area contributed by atoms with E-state index in [0.29, 0.717) is 44.8 Å². The number of hydrogen-bond acceptors (Lipinski definition) is 3. The summed E-state index contributed by atoms with van der Waals surface area (Å²) in [7, 11) is -4.01. The van der Waals surface area contributed by atoms with E-state index in [9.17, 15) is 26.4 Å². The van der Waals surface area contributed by atoms with Crippen molar-refractivity contribution < 1.29 is 26.4 Å². The maximum Gasteiger partial charge on any atom is 0.416 e. The van der Waals surface area contributed by atoms with Crippen LogP contribution in [-0.2, 0) is 27.2 Å². The average Bonchev–Trinajstić information content (AvgIpc) is 2.77. The molecule has 0 saturated carbocycles. The Labute approximate surface area is 187 Å². The molecule has 1 aliphatic heterocycles. The lowest BCUT2D eigenvalue weighted by molar-refractivity contribution is -0.137. The normalized spacial score (nSPS) is 16.2. The van der Waals surface area contributed by atoms with Crippen molar-refractivity contribution in [2.75, 3.05) is 13.1 Å². The number of benzene rings is 2. The van der Waals surface area contributed by atoms with E-state index >= 15 is 0 Å². The van der Waals surface area contributed by atoms with Crippen LogP contribution >= 0.6 is 0 Å². The molecule has 2 aromatic carbocycles. The first-order valence-corrected chi connectivity index (χ1v) is 12.1. The van der Waals surface area contributed by atoms with E-state index in [4.69, 9.17) is 0 Å². The summed E-state index contributed by atoms with van der Waals surface area (Å²) in [6, 6.07) is 13.6. The van der Waals surface area contributed by atoms with Crippen molar-refractivity contribution in [2.24, 2.45) is 5.92 Å². The molecule has 32 heavy (non-hydrogen) atoms. The predicted octanol–water partition coefficient (Wildman–Crippen LogP) is 5.13. The van der Waals surface area contributed by atoms with Gasteiger partial charge in [0, 0.05) is 19.5 Å². The second-order valence-electron chi connectivity index (χ2n) is 8.77. The maximum atomic E-state index is 13.3. The van der Waals surface area contributed by atoms with Gasteiger partial charge in [0.05, 0.1) is 15.2 Å². The number of carbonyl (C=O) groups is 1. The molecule has 0 unspecified atom stereocenters. The fraction of sp³-hybridized carbons (Fsp3) is 0.458. The third kappa shape index (κ3) is 5.17. The van der Waals surface area contributed by atoms with Crippen LogP contribution in [0.4, 0.5) is 13.2 Å². The van der Waals surface area contributed by atoms with Gasteiger partial charge in [-0.2, -0.15) is 13.2 Å². The highest BCUT2D eigenvalue weighted by molar-refractivity contribution is 7.92. The van der Waals surface area contributed by atoms with Crippen LogP contribution in [0.2, 0.25) is 0 Å². The number of rotatable bonds is 6. The topological polar surface area (TPSA) is 54.5 Å². The van der Waals surface area contributed by atoms with E-state index in [1.54, 1.807) is 18.7 Å². The Morgan fingerprint density at radius 3 is 2.22 bits per heavy atom. The summed E-state index contributed by atoms with van der Waals surface area (Å²) in [4.78, 5) is 14.0. The van der Waals surface area contributed by atoms with Gasteiger partial charge < -0.3 is 4.90 Å². The summed E-state index contributed by atoms with van der Waals surface area (Å²) in [5, 5.41) is 0. The summed E-state index contributed by atoms with van der Waals surface area (Å²) in [5.41, 5.74) is 0.109. The summed E-state index contributed by atoms with van der Waals surface area (Å²) in [6.07, 6.45) is -2.60. The van der Waals surface area contributed by atoms with Crippen molar-refractivity contribution in [3.8, 4) is 0 Å². The largest absolute Gasteiger partial charge is 0.416 e. The molecule has 1 aliphatic rings. The zero-order valence-electron chi connectivity index (χ0n) is 18.2. The standard InChI is InChI=1S/C24H28F3NO3S/c1-23(2,32(30,31)21-10-6-9-20(17-21)24(25,26)27)19-13-15-28(16-14-19)22(29)12-11-18-7-4-3-5-8-18/h3-10,17,19H,11-16H2,1-2H3. The molecule has 1 amide bonds. The van der Waals surface area contributed by atoms with Gasteiger partial charge in [0.15, 0.2) is 9.84 Å². The molecule has 0 bridgehead atoms. The highest BCUT2D eigenvalue weighted by atomic mass is 32.2. The molecule has 2 aromatic rings. The number of piperidine rings is 1. The van der Waals surface area contributed by atoms with Gasteiger partial charge in [-0.1, -0.05) is 36.4 Å². The molecule has 0 atom stereocenters. The van der Waals surface area contributed by atoms with Crippen LogP contribution in [0.15, 0.2) is 59.5 Å². The number of sulfone groups is 1. The molecule has 0 aliphatic carbocycles. The third-order valence-electron chi connectivity index (χ3n) is 6.47. The number of hydrogen-bond donors (Lipinski definition) is 0. The maximum absolute atomic E-state index is 13.3. The lowest BCUT2D eigenvalue weighted by Crippen LogP contribution is -2.47. The van der Waals surface area contributed by atoms with Gasteiger partial charge in [-0.3, -0.25) is 4.79 Å². The van der Waals surface area contributed by atoms with E-state index in [1.807, 2.05) is 30.3 Å². The zero-order valence-corrected chi connectivity index (χ0v) is 19.0. The molecular weight excluding hydrogens is 439 g/mol. The first-order valence-electron chi connectivity index (χ1n) is 10.7. The van der Waals surface area contributed by atoms with E-state index in [-0.39, 0.29) is 16.7 Å². The Hall–Kier alpha value is -2.35. The van der Waals surface area contributed by atoms with Crippen LogP contribution in [0.5, 0.6) is 0 Å². The van der Waals surface area contributed by atoms with Crippen molar-refractivity contribution in [1.29, 1.82) is 0 Å². The molecule has 4 nitrogen and oxygen atoms in total. The lowest BCUT2D eigenvalue weighted by atomic mass is 9.85. The monoisotopic (exact) mass is 467 g/mol. The summed E-state index contributed by atoms with van der Waals surface area (Å²) in [6.45, 7) is 4.03. The summed E-state index contributed by atoms with van der Waals surface area (Å²) in [5.74, 6) is -0.230. The first-order chi connectivity index (χ1) is 14.9. The predicted molar refractivity (Wildman–Crippen MR) is 117 cm³/mol. The smallest absolute Gasteiger partial charge is 0.343 e. The fourth-order valence-electron chi connectivity index (χ4n) is 4.24. The van der Waals surface area contributed by atoms with Crippen LogP contribution in [0, 0.1) is 5.92 Å². The molecular formula is C24H28F3NO3S. The summed E-state index contributed by atoms with van der Waals surface area (Å²) >= 11 is 0. The van der Waals surface area contributed by atoms with E-state index in [0.717, 1.165) is 17.7 Å². The number of nitrogens with zero attached hydrogens (tertiary/aromatic N) is 1. The quantitative estimate of drug-likeness (QED) is 0.592. The van der Waals surface area contributed by atoms with Gasteiger partial charge in [0.1, 0.15) is 0 Å². The Kier molecular flexibility index (Phi) is 7.03. The molecule has 1 fully saturated rings. The van der Waals surface area contributed by atoms with E-state index in [2.05, 4.69) is 0 Å². The average molecular weight is 468 g/mol. The fourth-order valence-corrected chi connectivity index (χ4v) is 6.06. The molecule has 0 radical (unpaired) electrons. The SMILES string of the molecule is CC(C)(C1CCN(C(=O)CCc2ccccc2)CC1)S(=O)(=O)c1cccc(C(F)(F)F)c1. The minimum Gasteiger partial charge on any atom is -0.343 e. The van der Waals surface area contributed by atoms with Crippen molar-refractivity contribution in [2.45, 2.75) is 55.3 Å². The van der Waals surface area contributed by atoms with Crippen LogP contribution in [0.25, 0.3) is 0 Å². The van der Waals surface area contributed by atoms with Gasteiger partial charge in [-0.05, 0) is 62.8 Å². The number of halogens is 3. The highest BCUT2D eigenvalue weighted by Gasteiger charge is 2.44. The second kappa shape index (κ2) is 9.25. The molecule has 3 rings (SSSR count). The number of aryl methyl sites for hydroxylation is 1. The molecule has 0 aromatic heterocycles. The third-order valence-corrected chi connectivity index (χ3v) is 9.06. The van der Waals surface area contributed by atoms with Crippen LogP contribution < -0.4 is 0 Å². The van der Waals surface area contributed by atoms with Crippen LogP contribution in [0.1, 0.15) is 44.2 Å². The highest BCUT2D eigenvalue weighted by Crippen LogP contribution is 2.39. The lowest BCUT2D eigenvalue weighted by Gasteiger charge is -2.40. The van der Waals surface area contributed by atoms with Gasteiger partial charge in [0.2, 0.25) is 5.91 Å². The Morgan fingerprint density at radius 1 is 1.00 bits per heavy atom. The Morgan fingerprint density at radius 2 is 1.62 bits per heavy atom. The minimum absolute atomic E-state index is 0.0332. The zero-order chi connectivity index (χ0) is 23.6. The molecule has 1 saturated heterocycles. The number of carbonyl (C=O) groups excluding carboxylic acids is 1. The molecule has 8 heteroatoms. The molecule has 174 valence electrons. The van der Waals surface area contributed by atoms with E-state index in [1.165, 1.54) is 6.07 Å². The van der Waals surface area contributed by atoms with Crippen molar-refractivity contribution in [1.82, 2.24) is 4.90 Å². The van der Waals surface area contributed by atoms with Crippen molar-refractivity contribution in [3.05, 3.63) is 65.7 Å². The summed E-state index contributed by atoms with van der Waals surface area (Å²) < 4.78 is 64.5. The molecule has 0 spiro atoms. The Balaban J connectivity index is 1.65. The number of amides is 1. The first kappa shape index (κ1) is 24.3. The number of alkyl halides is 3. The van der Waals surface area contributed by atoms with Crippen LogP contribution in [-0.4, -0.2) is 37.1 Å².